The van der Waals surface area contributed by atoms with Crippen molar-refractivity contribution in [3.05, 3.63) is 23.3 Å². The van der Waals surface area contributed by atoms with Crippen molar-refractivity contribution in [2.24, 2.45) is 0 Å². The standard InChI is InChI=1S/C15H19NO4/c1-3-19-13(17)7-6-11-12(16)9-10-5-4-8-20-14(10)15(11)18-2/h6-7,9H,3-5,8,16H2,1-2H3/b7-6+. The molecule has 1 aliphatic heterocycles. The number of fused-ring (bicyclic) bond motifs is 1. The monoisotopic (exact) mass is 277 g/mol. The molecule has 108 valence electrons. The molecular weight excluding hydrogens is 258 g/mol. The number of nitrogen functional groups attached to an aromatic ring is 1. The second kappa shape index (κ2) is 6.32. The van der Waals surface area contributed by atoms with Crippen LogP contribution in [0.3, 0.4) is 0 Å². The zero-order valence-corrected chi connectivity index (χ0v) is 11.8. The summed E-state index contributed by atoms with van der Waals surface area (Å²) in [6.07, 6.45) is 4.82. The number of hydrogen-bond acceptors (Lipinski definition) is 5. The molecule has 1 aliphatic rings. The first kappa shape index (κ1) is 14.2. The summed E-state index contributed by atoms with van der Waals surface area (Å²) in [4.78, 5) is 11.4. The summed E-state index contributed by atoms with van der Waals surface area (Å²) in [6, 6.07) is 1.88. The van der Waals surface area contributed by atoms with Crippen molar-refractivity contribution in [2.45, 2.75) is 19.8 Å². The minimum absolute atomic E-state index is 0.336. The molecule has 0 aromatic heterocycles. The number of methoxy groups -OCH3 is 1. The third-order valence-corrected chi connectivity index (χ3v) is 3.10. The molecule has 1 aromatic rings. The van der Waals surface area contributed by atoms with Gasteiger partial charge in [0.2, 0.25) is 0 Å². The molecule has 0 saturated carbocycles. The van der Waals surface area contributed by atoms with Crippen LogP contribution in [-0.2, 0) is 16.0 Å². The highest BCUT2D eigenvalue weighted by molar-refractivity contribution is 5.90. The first-order valence-electron chi connectivity index (χ1n) is 6.64. The smallest absolute Gasteiger partial charge is 0.330 e. The van der Waals surface area contributed by atoms with E-state index in [0.717, 1.165) is 24.2 Å². The molecule has 20 heavy (non-hydrogen) atoms. The fraction of sp³-hybridized carbons (Fsp3) is 0.400. The lowest BCUT2D eigenvalue weighted by molar-refractivity contribution is -0.137. The van der Waals surface area contributed by atoms with Gasteiger partial charge in [-0.05, 0) is 31.9 Å². The topological polar surface area (TPSA) is 70.8 Å². The van der Waals surface area contributed by atoms with Crippen molar-refractivity contribution in [1.29, 1.82) is 0 Å². The van der Waals surface area contributed by atoms with Crippen molar-refractivity contribution in [3.8, 4) is 11.5 Å². The molecule has 0 fully saturated rings. The van der Waals surface area contributed by atoms with Crippen molar-refractivity contribution < 1.29 is 19.0 Å². The Kier molecular flexibility index (Phi) is 4.50. The normalized spacial score (nSPS) is 13.7. The maximum absolute atomic E-state index is 11.4. The van der Waals surface area contributed by atoms with E-state index in [1.165, 1.54) is 6.08 Å². The Balaban J connectivity index is 2.39. The molecule has 2 rings (SSSR count). The Bertz CT molecular complexity index is 537. The van der Waals surface area contributed by atoms with Gasteiger partial charge in [-0.2, -0.15) is 0 Å². The molecule has 0 spiro atoms. The molecule has 0 saturated heterocycles. The zero-order chi connectivity index (χ0) is 14.5. The number of nitrogens with two attached hydrogens (primary N) is 1. The second-order valence-electron chi connectivity index (χ2n) is 4.44. The van der Waals surface area contributed by atoms with Crippen molar-refractivity contribution >= 4 is 17.7 Å². The fourth-order valence-electron chi connectivity index (χ4n) is 2.23. The molecule has 2 N–H and O–H groups in total. The van der Waals surface area contributed by atoms with Gasteiger partial charge in [0.15, 0.2) is 11.5 Å². The Morgan fingerprint density at radius 3 is 3.05 bits per heavy atom. The van der Waals surface area contributed by atoms with E-state index in [1.54, 1.807) is 20.1 Å². The van der Waals surface area contributed by atoms with Crippen LogP contribution in [0.4, 0.5) is 5.69 Å². The number of aryl methyl sites for hydroxylation is 1. The molecule has 0 bridgehead atoms. The summed E-state index contributed by atoms with van der Waals surface area (Å²) >= 11 is 0. The van der Waals surface area contributed by atoms with E-state index in [1.807, 2.05) is 6.07 Å². The zero-order valence-electron chi connectivity index (χ0n) is 11.8. The van der Waals surface area contributed by atoms with E-state index < -0.39 is 5.97 Å². The van der Waals surface area contributed by atoms with Crippen LogP contribution in [0.5, 0.6) is 11.5 Å². The molecule has 0 radical (unpaired) electrons. The summed E-state index contributed by atoms with van der Waals surface area (Å²) in [6.45, 7) is 2.75. The summed E-state index contributed by atoms with van der Waals surface area (Å²) in [7, 11) is 1.56. The molecular formula is C15H19NO4. The second-order valence-corrected chi connectivity index (χ2v) is 4.44. The largest absolute Gasteiger partial charge is 0.492 e. The van der Waals surface area contributed by atoms with Crippen LogP contribution >= 0.6 is 0 Å². The average Bonchev–Trinajstić information content (AvgIpc) is 2.44. The summed E-state index contributed by atoms with van der Waals surface area (Å²) in [5, 5.41) is 0. The van der Waals surface area contributed by atoms with Gasteiger partial charge < -0.3 is 19.9 Å². The van der Waals surface area contributed by atoms with Crippen LogP contribution in [0.2, 0.25) is 0 Å². The molecule has 1 aromatic carbocycles. The van der Waals surface area contributed by atoms with Crippen LogP contribution in [-0.4, -0.2) is 26.3 Å². The number of hydrogen-bond donors (Lipinski definition) is 1. The quantitative estimate of drug-likeness (QED) is 0.519. The van der Waals surface area contributed by atoms with Gasteiger partial charge in [0.1, 0.15) is 0 Å². The SMILES string of the molecule is CCOC(=O)/C=C/c1c(N)cc2c(c1OC)OCCC2. The van der Waals surface area contributed by atoms with E-state index in [-0.39, 0.29) is 0 Å². The summed E-state index contributed by atoms with van der Waals surface area (Å²) in [5.74, 6) is 0.879. The number of benzene rings is 1. The highest BCUT2D eigenvalue weighted by Gasteiger charge is 2.20. The molecule has 0 amide bonds. The number of ether oxygens (including phenoxy) is 3. The third-order valence-electron chi connectivity index (χ3n) is 3.10. The average molecular weight is 277 g/mol. The molecule has 1 heterocycles. The number of carbonyl (C=O) groups is 1. The highest BCUT2D eigenvalue weighted by Crippen LogP contribution is 2.41. The van der Waals surface area contributed by atoms with E-state index in [0.29, 0.717) is 30.2 Å². The van der Waals surface area contributed by atoms with Crippen LogP contribution in [0, 0.1) is 0 Å². The van der Waals surface area contributed by atoms with Crippen molar-refractivity contribution in [3.63, 3.8) is 0 Å². The fourth-order valence-corrected chi connectivity index (χ4v) is 2.23. The van der Waals surface area contributed by atoms with Crippen LogP contribution in [0.1, 0.15) is 24.5 Å². The lowest BCUT2D eigenvalue weighted by atomic mass is 10.0. The predicted molar refractivity (Wildman–Crippen MR) is 76.9 cm³/mol. The summed E-state index contributed by atoms with van der Waals surface area (Å²) < 4.78 is 15.9. The maximum atomic E-state index is 11.4. The van der Waals surface area contributed by atoms with E-state index in [9.17, 15) is 4.79 Å². The van der Waals surface area contributed by atoms with Gasteiger partial charge in [-0.1, -0.05) is 0 Å². The number of rotatable bonds is 4. The van der Waals surface area contributed by atoms with E-state index >= 15 is 0 Å². The van der Waals surface area contributed by atoms with Gasteiger partial charge in [0.05, 0.1) is 20.3 Å². The van der Waals surface area contributed by atoms with Gasteiger partial charge in [0.25, 0.3) is 0 Å². The molecule has 0 aliphatic carbocycles. The number of esters is 1. The molecule has 5 nitrogen and oxygen atoms in total. The Morgan fingerprint density at radius 2 is 2.35 bits per heavy atom. The lowest BCUT2D eigenvalue weighted by Crippen LogP contribution is -2.11. The van der Waals surface area contributed by atoms with Gasteiger partial charge >= 0.3 is 5.97 Å². The van der Waals surface area contributed by atoms with Crippen molar-refractivity contribution in [2.75, 3.05) is 26.1 Å². The Hall–Kier alpha value is -2.17. The predicted octanol–water partition coefficient (Wildman–Crippen LogP) is 2.18. The van der Waals surface area contributed by atoms with Gasteiger partial charge in [-0.15, -0.1) is 0 Å². The van der Waals surface area contributed by atoms with Gasteiger partial charge in [0, 0.05) is 22.9 Å². The minimum atomic E-state index is -0.410. The van der Waals surface area contributed by atoms with E-state index in [4.69, 9.17) is 19.9 Å². The highest BCUT2D eigenvalue weighted by atomic mass is 16.5. The van der Waals surface area contributed by atoms with Crippen LogP contribution < -0.4 is 15.2 Å². The molecule has 0 atom stereocenters. The Morgan fingerprint density at radius 1 is 1.55 bits per heavy atom. The lowest BCUT2D eigenvalue weighted by Gasteiger charge is -2.22. The summed E-state index contributed by atoms with van der Waals surface area (Å²) in [5.41, 5.74) is 8.28. The van der Waals surface area contributed by atoms with Gasteiger partial charge in [-0.3, -0.25) is 0 Å². The molecule has 0 unspecified atom stereocenters. The maximum Gasteiger partial charge on any atom is 0.330 e. The third kappa shape index (κ3) is 2.87. The van der Waals surface area contributed by atoms with E-state index in [2.05, 4.69) is 0 Å². The minimum Gasteiger partial charge on any atom is -0.492 e. The number of carbonyl (C=O) groups excluding carboxylic acids is 1. The van der Waals surface area contributed by atoms with Gasteiger partial charge in [-0.25, -0.2) is 4.79 Å². The Labute approximate surface area is 118 Å². The number of anilines is 1. The first-order chi connectivity index (χ1) is 9.67. The van der Waals surface area contributed by atoms with Crippen LogP contribution in [0.15, 0.2) is 12.1 Å². The van der Waals surface area contributed by atoms with Crippen LogP contribution in [0.25, 0.3) is 6.08 Å². The van der Waals surface area contributed by atoms with Crippen molar-refractivity contribution in [1.82, 2.24) is 0 Å². The first-order valence-corrected chi connectivity index (χ1v) is 6.64. The molecule has 5 heteroatoms.